The van der Waals surface area contributed by atoms with E-state index in [2.05, 4.69) is 5.32 Å². The van der Waals surface area contributed by atoms with Gasteiger partial charge in [0.1, 0.15) is 6.10 Å². The van der Waals surface area contributed by atoms with Crippen molar-refractivity contribution in [3.05, 3.63) is 29.8 Å². The molecular formula is C22H25NO7. The fourth-order valence-electron chi connectivity index (χ4n) is 4.77. The van der Waals surface area contributed by atoms with Gasteiger partial charge in [-0.3, -0.25) is 14.4 Å². The summed E-state index contributed by atoms with van der Waals surface area (Å²) in [6.45, 7) is 3.80. The van der Waals surface area contributed by atoms with E-state index in [1.165, 1.54) is 0 Å². The summed E-state index contributed by atoms with van der Waals surface area (Å²) in [7, 11) is 0. The molecule has 3 aliphatic rings. The van der Waals surface area contributed by atoms with Gasteiger partial charge in [-0.2, -0.15) is 0 Å². The summed E-state index contributed by atoms with van der Waals surface area (Å²) in [6.07, 6.45) is 1.45. The molecule has 4 rings (SSSR count). The fraction of sp³-hybridized carbons (Fsp3) is 0.545. The van der Waals surface area contributed by atoms with Gasteiger partial charge < -0.3 is 19.5 Å². The van der Waals surface area contributed by atoms with Crippen molar-refractivity contribution < 1.29 is 33.4 Å². The molecule has 0 radical (unpaired) electrons. The number of rotatable bonds is 7. The van der Waals surface area contributed by atoms with Crippen molar-refractivity contribution in [3.63, 3.8) is 0 Å². The van der Waals surface area contributed by atoms with Gasteiger partial charge in [0.25, 0.3) is 5.91 Å². The molecule has 1 aliphatic heterocycles. The van der Waals surface area contributed by atoms with E-state index in [9.17, 15) is 19.2 Å². The first-order valence-electron chi connectivity index (χ1n) is 10.3. The third-order valence-electron chi connectivity index (χ3n) is 6.05. The Bertz CT molecular complexity index is 861. The Hall–Kier alpha value is -2.90. The van der Waals surface area contributed by atoms with Crippen LogP contribution in [0.15, 0.2) is 24.3 Å². The number of amides is 1. The Morgan fingerprint density at radius 3 is 2.57 bits per heavy atom. The Morgan fingerprint density at radius 2 is 1.87 bits per heavy atom. The zero-order chi connectivity index (χ0) is 21.4. The maximum Gasteiger partial charge on any atom is 0.338 e. The van der Waals surface area contributed by atoms with Crippen LogP contribution in [0.1, 0.15) is 37.0 Å². The molecule has 8 heteroatoms. The molecule has 30 heavy (non-hydrogen) atoms. The van der Waals surface area contributed by atoms with E-state index in [0.717, 1.165) is 6.42 Å². The number of hydrogen-bond acceptors (Lipinski definition) is 7. The van der Waals surface area contributed by atoms with Crippen molar-refractivity contribution in [1.29, 1.82) is 0 Å². The Morgan fingerprint density at radius 1 is 1.13 bits per heavy atom. The summed E-state index contributed by atoms with van der Waals surface area (Å²) in [6, 6.07) is 6.27. The van der Waals surface area contributed by atoms with E-state index in [-0.39, 0.29) is 29.8 Å². The Labute approximate surface area is 174 Å². The lowest BCUT2D eigenvalue weighted by Gasteiger charge is -2.22. The van der Waals surface area contributed by atoms with Crippen LogP contribution in [0.4, 0.5) is 5.69 Å². The molecule has 2 aliphatic carbocycles. The molecule has 1 amide bonds. The van der Waals surface area contributed by atoms with Crippen molar-refractivity contribution in [3.8, 4) is 0 Å². The van der Waals surface area contributed by atoms with Crippen LogP contribution >= 0.6 is 0 Å². The van der Waals surface area contributed by atoms with Gasteiger partial charge in [-0.1, -0.05) is 13.8 Å². The Kier molecular flexibility index (Phi) is 5.49. The van der Waals surface area contributed by atoms with E-state index in [4.69, 9.17) is 14.2 Å². The molecule has 5 atom stereocenters. The third kappa shape index (κ3) is 3.91. The highest BCUT2D eigenvalue weighted by Gasteiger charge is 2.64. The summed E-state index contributed by atoms with van der Waals surface area (Å²) in [5, 5.41) is 2.62. The molecule has 1 aromatic carbocycles. The van der Waals surface area contributed by atoms with E-state index >= 15 is 0 Å². The zero-order valence-corrected chi connectivity index (χ0v) is 17.0. The number of ether oxygens (including phenoxy) is 3. The lowest BCUT2D eigenvalue weighted by atomic mass is 9.80. The maximum absolute atomic E-state index is 12.5. The normalized spacial score (nSPS) is 28.4. The van der Waals surface area contributed by atoms with E-state index in [1.807, 2.05) is 13.8 Å². The van der Waals surface area contributed by atoms with Gasteiger partial charge in [0.05, 0.1) is 24.0 Å². The number of anilines is 1. The number of hydrogen-bond donors (Lipinski definition) is 1. The predicted molar refractivity (Wildman–Crippen MR) is 104 cm³/mol. The van der Waals surface area contributed by atoms with Crippen LogP contribution in [-0.4, -0.2) is 43.1 Å². The molecule has 1 N–H and O–H groups in total. The van der Waals surface area contributed by atoms with Gasteiger partial charge in [0.2, 0.25) is 0 Å². The second kappa shape index (κ2) is 8.08. The van der Waals surface area contributed by atoms with Gasteiger partial charge in [0.15, 0.2) is 6.61 Å². The molecule has 1 saturated heterocycles. The second-order valence-corrected chi connectivity index (χ2v) is 8.65. The molecule has 160 valence electrons. The molecule has 3 fully saturated rings. The second-order valence-electron chi connectivity index (χ2n) is 8.65. The topological polar surface area (TPSA) is 108 Å². The molecule has 0 aromatic heterocycles. The van der Waals surface area contributed by atoms with E-state index in [1.54, 1.807) is 24.3 Å². The van der Waals surface area contributed by atoms with Crippen LogP contribution in [0.25, 0.3) is 0 Å². The molecule has 1 heterocycles. The van der Waals surface area contributed by atoms with Crippen LogP contribution in [0.2, 0.25) is 0 Å². The standard InChI is InChI=1S/C22H25NO7/c1-11(2)9-28-20(25)12-3-5-14(6-4-12)23-17(24)10-29-21(26)18-13-7-15-16(8-13)30-22(27)19(15)18/h3-6,11,13,15-16,18-19H,7-10H2,1-2H3,(H,23,24)/t13-,15+,16-,18-,19+/m1/s1. The van der Waals surface area contributed by atoms with Crippen LogP contribution in [0.3, 0.4) is 0 Å². The summed E-state index contributed by atoms with van der Waals surface area (Å²) in [5.41, 5.74) is 0.858. The lowest BCUT2D eigenvalue weighted by Crippen LogP contribution is -2.34. The number of benzene rings is 1. The van der Waals surface area contributed by atoms with E-state index < -0.39 is 36.3 Å². The minimum Gasteiger partial charge on any atom is -0.462 e. The van der Waals surface area contributed by atoms with Gasteiger partial charge >= 0.3 is 17.9 Å². The molecule has 1 aromatic rings. The Balaban J connectivity index is 1.26. The SMILES string of the molecule is CC(C)COC(=O)c1ccc(NC(=O)COC(=O)[C@@H]2[C@@H]3C[C@@H]4[C@@H]2C(=O)O[C@@H]4C3)cc1. The number of carbonyl (C=O) groups excluding carboxylic acids is 4. The summed E-state index contributed by atoms with van der Waals surface area (Å²) >= 11 is 0. The van der Waals surface area contributed by atoms with Crippen molar-refractivity contribution in [2.75, 3.05) is 18.5 Å². The first-order chi connectivity index (χ1) is 14.3. The highest BCUT2D eigenvalue weighted by atomic mass is 16.6. The average Bonchev–Trinajstić information content (AvgIpc) is 3.33. The van der Waals surface area contributed by atoms with Crippen LogP contribution in [0, 0.1) is 29.6 Å². The van der Waals surface area contributed by atoms with Gasteiger partial charge in [-0.25, -0.2) is 4.79 Å². The third-order valence-corrected chi connectivity index (χ3v) is 6.05. The minimum absolute atomic E-state index is 0.0505. The highest BCUT2D eigenvalue weighted by molar-refractivity contribution is 5.95. The first kappa shape index (κ1) is 20.4. The zero-order valence-electron chi connectivity index (χ0n) is 17.0. The quantitative estimate of drug-likeness (QED) is 0.537. The van der Waals surface area contributed by atoms with Gasteiger partial charge in [0, 0.05) is 11.6 Å². The summed E-state index contributed by atoms with van der Waals surface area (Å²) < 4.78 is 15.7. The van der Waals surface area contributed by atoms with Crippen molar-refractivity contribution >= 4 is 29.5 Å². The lowest BCUT2D eigenvalue weighted by molar-refractivity contribution is -0.157. The minimum atomic E-state index is -0.511. The number of carbonyl (C=O) groups is 4. The van der Waals surface area contributed by atoms with Crippen molar-refractivity contribution in [1.82, 2.24) is 0 Å². The van der Waals surface area contributed by atoms with Gasteiger partial charge in [-0.15, -0.1) is 0 Å². The largest absolute Gasteiger partial charge is 0.462 e. The number of fused-ring (bicyclic) bond motifs is 1. The monoisotopic (exact) mass is 415 g/mol. The number of esters is 3. The van der Waals surface area contributed by atoms with Crippen LogP contribution < -0.4 is 5.32 Å². The van der Waals surface area contributed by atoms with Crippen LogP contribution in [-0.2, 0) is 28.6 Å². The molecule has 2 saturated carbocycles. The molecule has 0 spiro atoms. The molecule has 2 bridgehead atoms. The smallest absolute Gasteiger partial charge is 0.338 e. The van der Waals surface area contributed by atoms with Crippen molar-refractivity contribution in [2.45, 2.75) is 32.8 Å². The van der Waals surface area contributed by atoms with E-state index in [0.29, 0.717) is 24.3 Å². The van der Waals surface area contributed by atoms with Gasteiger partial charge in [-0.05, 0) is 48.9 Å². The molecular weight excluding hydrogens is 390 g/mol. The van der Waals surface area contributed by atoms with Crippen LogP contribution in [0.5, 0.6) is 0 Å². The summed E-state index contributed by atoms with van der Waals surface area (Å²) in [5.74, 6) is -2.23. The predicted octanol–water partition coefficient (Wildman–Crippen LogP) is 2.18. The average molecular weight is 415 g/mol. The van der Waals surface area contributed by atoms with Crippen molar-refractivity contribution in [2.24, 2.45) is 29.6 Å². The fourth-order valence-corrected chi connectivity index (χ4v) is 4.77. The molecule has 8 nitrogen and oxygen atoms in total. The maximum atomic E-state index is 12.5. The summed E-state index contributed by atoms with van der Waals surface area (Å²) in [4.78, 5) is 48.5. The highest BCUT2D eigenvalue weighted by Crippen LogP contribution is 2.57. The molecule has 0 unspecified atom stereocenters. The first-order valence-corrected chi connectivity index (χ1v) is 10.3. The number of nitrogens with one attached hydrogen (secondary N) is 1.